The Morgan fingerprint density at radius 1 is 1.03 bits per heavy atom. The van der Waals surface area contributed by atoms with Gasteiger partial charge >= 0.3 is 0 Å². The number of pyridine rings is 1. The van der Waals surface area contributed by atoms with E-state index in [1.165, 1.54) is 12.8 Å². The molecule has 2 saturated heterocycles. The average molecular weight is 527 g/mol. The molecule has 3 fully saturated rings. The number of carbonyl (C=O) groups is 1. The molecule has 2 aromatic rings. The molecular formula is C27H35ClN6O3. The largest absolute Gasteiger partial charge is 0.353 e. The number of amides is 1. The van der Waals surface area contributed by atoms with Crippen LogP contribution in [0.1, 0.15) is 54.4 Å². The van der Waals surface area contributed by atoms with Crippen molar-refractivity contribution in [1.82, 2.24) is 20.1 Å². The fourth-order valence-corrected chi connectivity index (χ4v) is 6.14. The number of likely N-dealkylation sites (tertiary alicyclic amines) is 1. The van der Waals surface area contributed by atoms with Gasteiger partial charge in [0.05, 0.1) is 15.5 Å². The van der Waals surface area contributed by atoms with Crippen molar-refractivity contribution in [3.05, 3.63) is 62.8 Å². The highest BCUT2D eigenvalue weighted by molar-refractivity contribution is 6.33. The van der Waals surface area contributed by atoms with E-state index in [-0.39, 0.29) is 22.6 Å². The molecule has 1 N–H and O–H groups in total. The summed E-state index contributed by atoms with van der Waals surface area (Å²) in [6.45, 7) is 6.55. The number of hydrogen-bond acceptors (Lipinski definition) is 7. The predicted molar refractivity (Wildman–Crippen MR) is 144 cm³/mol. The number of hydrogen-bond donors (Lipinski definition) is 1. The molecule has 9 nitrogen and oxygen atoms in total. The van der Waals surface area contributed by atoms with Gasteiger partial charge in [0.1, 0.15) is 5.82 Å². The van der Waals surface area contributed by atoms with Crippen molar-refractivity contribution in [2.24, 2.45) is 0 Å². The second kappa shape index (κ2) is 11.8. The topological polar surface area (TPSA) is 94.9 Å². The minimum absolute atomic E-state index is 0.0856. The van der Waals surface area contributed by atoms with E-state index in [0.717, 1.165) is 82.9 Å². The molecule has 1 aromatic heterocycles. The van der Waals surface area contributed by atoms with Crippen molar-refractivity contribution in [2.45, 2.75) is 57.2 Å². The molecule has 3 heterocycles. The van der Waals surface area contributed by atoms with Gasteiger partial charge in [-0.1, -0.05) is 36.6 Å². The number of nitrogens with one attached hydrogen (secondary N) is 1. The maximum Gasteiger partial charge on any atom is 0.269 e. The zero-order valence-corrected chi connectivity index (χ0v) is 21.9. The smallest absolute Gasteiger partial charge is 0.269 e. The van der Waals surface area contributed by atoms with E-state index in [0.29, 0.717) is 16.6 Å². The molecule has 3 aliphatic rings. The summed E-state index contributed by atoms with van der Waals surface area (Å²) in [4.78, 5) is 34.9. The van der Waals surface area contributed by atoms with Crippen molar-refractivity contribution >= 4 is 29.0 Å². The number of carbonyl (C=O) groups excluding carboxylic acids is 1. The number of aromatic nitrogens is 1. The van der Waals surface area contributed by atoms with Crippen molar-refractivity contribution in [1.29, 1.82) is 0 Å². The minimum Gasteiger partial charge on any atom is -0.353 e. The van der Waals surface area contributed by atoms with E-state index in [9.17, 15) is 14.9 Å². The molecule has 1 aromatic carbocycles. The van der Waals surface area contributed by atoms with Crippen LogP contribution in [0.25, 0.3) is 0 Å². The zero-order chi connectivity index (χ0) is 25.8. The second-order valence-corrected chi connectivity index (χ2v) is 10.8. The first-order valence-electron chi connectivity index (χ1n) is 13.4. The van der Waals surface area contributed by atoms with Gasteiger partial charge < -0.3 is 10.2 Å². The summed E-state index contributed by atoms with van der Waals surface area (Å²) in [6.07, 6.45) is 8.35. The molecule has 0 bridgehead atoms. The molecule has 37 heavy (non-hydrogen) atoms. The van der Waals surface area contributed by atoms with Crippen LogP contribution in [0.2, 0.25) is 5.02 Å². The Balaban J connectivity index is 1.08. The Bertz CT molecular complexity index is 1090. The lowest BCUT2D eigenvalue weighted by Crippen LogP contribution is -2.53. The summed E-state index contributed by atoms with van der Waals surface area (Å²) < 4.78 is 0. The molecule has 5 rings (SSSR count). The van der Waals surface area contributed by atoms with Crippen molar-refractivity contribution < 1.29 is 9.72 Å². The van der Waals surface area contributed by atoms with E-state index >= 15 is 0 Å². The molecule has 1 saturated carbocycles. The average Bonchev–Trinajstić information content (AvgIpc) is 3.43. The van der Waals surface area contributed by atoms with Crippen LogP contribution in [0.3, 0.4) is 0 Å². The van der Waals surface area contributed by atoms with Gasteiger partial charge in [0, 0.05) is 63.1 Å². The predicted octanol–water partition coefficient (Wildman–Crippen LogP) is 4.10. The van der Waals surface area contributed by atoms with Crippen LogP contribution < -0.4 is 10.2 Å². The Labute approximate surface area is 222 Å². The Morgan fingerprint density at radius 2 is 1.70 bits per heavy atom. The number of rotatable bonds is 7. The number of non-ortho nitro benzene ring substituents is 1. The third-order valence-electron chi connectivity index (χ3n) is 8.01. The number of halogens is 1. The number of benzene rings is 1. The van der Waals surface area contributed by atoms with Crippen LogP contribution >= 0.6 is 11.6 Å². The molecule has 0 spiro atoms. The lowest BCUT2D eigenvalue weighted by Gasteiger charge is -2.43. The normalized spacial score (nSPS) is 20.3. The number of piperazine rings is 1. The number of nitrogens with zero attached hydrogens (tertiary/aromatic N) is 5. The molecule has 0 unspecified atom stereocenters. The van der Waals surface area contributed by atoms with E-state index in [2.05, 4.69) is 25.0 Å². The van der Waals surface area contributed by atoms with E-state index < -0.39 is 0 Å². The van der Waals surface area contributed by atoms with E-state index in [1.807, 2.05) is 12.1 Å². The van der Waals surface area contributed by atoms with Gasteiger partial charge in [0.15, 0.2) is 0 Å². The zero-order valence-electron chi connectivity index (χ0n) is 21.1. The number of anilines is 1. The molecular weight excluding hydrogens is 492 g/mol. The van der Waals surface area contributed by atoms with Crippen LogP contribution in [-0.4, -0.2) is 77.0 Å². The van der Waals surface area contributed by atoms with Gasteiger partial charge in [-0.15, -0.1) is 0 Å². The quantitative estimate of drug-likeness (QED) is 0.428. The first-order valence-corrected chi connectivity index (χ1v) is 13.7. The van der Waals surface area contributed by atoms with Gasteiger partial charge in [-0.25, -0.2) is 4.98 Å². The molecule has 1 amide bonds. The van der Waals surface area contributed by atoms with Crippen LogP contribution in [0, 0.1) is 10.1 Å². The summed E-state index contributed by atoms with van der Waals surface area (Å²) in [5, 5.41) is 14.5. The molecule has 0 radical (unpaired) electrons. The van der Waals surface area contributed by atoms with Crippen LogP contribution in [0.15, 0.2) is 36.5 Å². The van der Waals surface area contributed by atoms with Crippen molar-refractivity contribution in [3.8, 4) is 0 Å². The summed E-state index contributed by atoms with van der Waals surface area (Å²) in [5.74, 6) is 0.675. The summed E-state index contributed by atoms with van der Waals surface area (Å²) >= 11 is 6.58. The third-order valence-corrected chi connectivity index (χ3v) is 8.29. The minimum atomic E-state index is -0.357. The molecule has 198 valence electrons. The van der Waals surface area contributed by atoms with E-state index in [1.54, 1.807) is 24.4 Å². The molecule has 10 heteroatoms. The second-order valence-electron chi connectivity index (χ2n) is 10.4. The summed E-state index contributed by atoms with van der Waals surface area (Å²) in [7, 11) is 0. The van der Waals surface area contributed by atoms with Gasteiger partial charge in [-0.05, 0) is 50.4 Å². The fraction of sp³-hybridized carbons (Fsp3) is 0.556. The van der Waals surface area contributed by atoms with Gasteiger partial charge in [-0.3, -0.25) is 24.7 Å². The lowest BCUT2D eigenvalue weighted by molar-refractivity contribution is -0.384. The van der Waals surface area contributed by atoms with Gasteiger partial charge in [-0.2, -0.15) is 0 Å². The summed E-state index contributed by atoms with van der Waals surface area (Å²) in [5.41, 5.74) is 1.78. The van der Waals surface area contributed by atoms with Crippen LogP contribution in [-0.2, 0) is 6.54 Å². The van der Waals surface area contributed by atoms with E-state index in [4.69, 9.17) is 11.6 Å². The maximum atomic E-state index is 12.6. The number of nitro groups is 1. The highest BCUT2D eigenvalue weighted by Crippen LogP contribution is 2.27. The fourth-order valence-electron chi connectivity index (χ4n) is 5.85. The van der Waals surface area contributed by atoms with Crippen LogP contribution in [0.4, 0.5) is 11.5 Å². The first-order chi connectivity index (χ1) is 18.0. The Hall–Kier alpha value is -2.75. The molecule has 0 atom stereocenters. The van der Waals surface area contributed by atoms with Gasteiger partial charge in [0.25, 0.3) is 11.6 Å². The monoisotopic (exact) mass is 526 g/mol. The van der Waals surface area contributed by atoms with Crippen LogP contribution in [0.5, 0.6) is 0 Å². The van der Waals surface area contributed by atoms with Gasteiger partial charge in [0.2, 0.25) is 0 Å². The number of piperidine rings is 1. The van der Waals surface area contributed by atoms with Crippen molar-refractivity contribution in [3.63, 3.8) is 0 Å². The Morgan fingerprint density at radius 3 is 2.32 bits per heavy atom. The Kier molecular flexibility index (Phi) is 8.22. The SMILES string of the molecule is O=C(NC1CCCC1)c1cnc(N2CCN(C3CCN(Cc4ccc([N+](=O)[O-])cc4)CC3)CC2)c(Cl)c1. The first kappa shape index (κ1) is 25.9. The highest BCUT2D eigenvalue weighted by Gasteiger charge is 2.29. The third kappa shape index (κ3) is 6.40. The lowest BCUT2D eigenvalue weighted by atomic mass is 10.0. The standard InChI is InChI=1S/C27H35ClN6O3/c28-25-17-21(27(35)30-22-3-1-2-4-22)18-29-26(25)33-15-13-32(14-16-33)23-9-11-31(12-10-23)19-20-5-7-24(8-6-20)34(36)37/h5-8,17-18,22-23H,1-4,9-16,19H2,(H,30,35). The molecule has 2 aliphatic heterocycles. The summed E-state index contributed by atoms with van der Waals surface area (Å²) in [6, 6.07) is 9.48. The highest BCUT2D eigenvalue weighted by atomic mass is 35.5. The number of nitro benzene ring substituents is 1. The van der Waals surface area contributed by atoms with Crippen molar-refractivity contribution in [2.75, 3.05) is 44.2 Å². The maximum absolute atomic E-state index is 12.6. The molecule has 1 aliphatic carbocycles.